The Morgan fingerprint density at radius 3 is 2.62 bits per heavy atom. The van der Waals surface area contributed by atoms with Crippen LogP contribution in [0.1, 0.15) is 53.8 Å². The van der Waals surface area contributed by atoms with Crippen LogP contribution in [0, 0.1) is 19.8 Å². The van der Waals surface area contributed by atoms with Crippen LogP contribution in [0.25, 0.3) is 10.2 Å². The summed E-state index contributed by atoms with van der Waals surface area (Å²) in [6, 6.07) is 13.3. The topological polar surface area (TPSA) is 102 Å². The summed E-state index contributed by atoms with van der Waals surface area (Å²) in [6.45, 7) is 8.47. The summed E-state index contributed by atoms with van der Waals surface area (Å²) < 4.78 is 18.0. The number of fused-ring (bicyclic) bond motifs is 1. The van der Waals surface area contributed by atoms with Gasteiger partial charge in [-0.05, 0) is 73.7 Å². The van der Waals surface area contributed by atoms with Crippen LogP contribution >= 0.6 is 11.3 Å². The molecule has 9 heteroatoms. The van der Waals surface area contributed by atoms with Crippen LogP contribution < -0.4 is 14.4 Å². The number of anilines is 1. The first-order valence-corrected chi connectivity index (χ1v) is 13.5. The average Bonchev–Trinajstić information content (AvgIpc) is 3.59. The quantitative estimate of drug-likeness (QED) is 0.232. The Balaban J connectivity index is 1.62. The fourth-order valence-corrected chi connectivity index (χ4v) is 5.63. The molecule has 2 aromatic carbocycles. The second-order valence-electron chi connectivity index (χ2n) is 9.99. The normalized spacial score (nSPS) is 15.6. The Morgan fingerprint density at radius 2 is 1.92 bits per heavy atom. The van der Waals surface area contributed by atoms with Crippen LogP contribution in [-0.4, -0.2) is 35.5 Å². The highest BCUT2D eigenvalue weighted by Gasteiger charge is 2.46. The lowest BCUT2D eigenvalue weighted by molar-refractivity contribution is -0.117. The molecule has 0 saturated carbocycles. The van der Waals surface area contributed by atoms with Crippen LogP contribution in [0.2, 0.25) is 0 Å². The molecule has 202 valence electrons. The molecule has 39 heavy (non-hydrogen) atoms. The van der Waals surface area contributed by atoms with E-state index in [2.05, 4.69) is 18.8 Å². The van der Waals surface area contributed by atoms with Crippen molar-refractivity contribution in [2.75, 3.05) is 18.6 Å². The number of carbonyl (C=O) groups excluding carboxylic acids is 2. The van der Waals surface area contributed by atoms with Gasteiger partial charge in [0, 0.05) is 0 Å². The Morgan fingerprint density at radius 1 is 1.13 bits per heavy atom. The number of aryl methyl sites for hydroxylation is 2. The number of Topliss-reactive ketones (excluding diaryl/α,β-unsaturated/α-hetero) is 1. The molecule has 0 bridgehead atoms. The van der Waals surface area contributed by atoms with E-state index in [4.69, 9.17) is 13.9 Å². The number of benzene rings is 2. The Bertz CT molecular complexity index is 1600. The molecule has 8 nitrogen and oxygen atoms in total. The van der Waals surface area contributed by atoms with Gasteiger partial charge in [0.2, 0.25) is 5.78 Å². The number of aromatic nitrogens is 1. The van der Waals surface area contributed by atoms with Gasteiger partial charge in [-0.3, -0.25) is 14.5 Å². The SMILES string of the molecule is COc1cc(C2C(C(=O)c3ccc(C)o3)=C(O)C(=O)N2c2nc3ccc(C)cc3s2)ccc1OCCC(C)C. The van der Waals surface area contributed by atoms with Gasteiger partial charge in [-0.2, -0.15) is 0 Å². The highest BCUT2D eigenvalue weighted by atomic mass is 32.1. The average molecular weight is 547 g/mol. The molecule has 1 aliphatic heterocycles. The van der Waals surface area contributed by atoms with Gasteiger partial charge in [-0.1, -0.05) is 37.3 Å². The van der Waals surface area contributed by atoms with Gasteiger partial charge in [-0.25, -0.2) is 4.98 Å². The molecule has 0 spiro atoms. The second-order valence-corrected chi connectivity index (χ2v) is 11.0. The van der Waals surface area contributed by atoms with Crippen molar-refractivity contribution >= 4 is 38.4 Å². The minimum Gasteiger partial charge on any atom is -0.503 e. The number of rotatable bonds is 9. The molecule has 0 fully saturated rings. The van der Waals surface area contributed by atoms with Gasteiger partial charge >= 0.3 is 0 Å². The third kappa shape index (κ3) is 5.02. The van der Waals surface area contributed by atoms with Gasteiger partial charge < -0.3 is 19.0 Å². The first-order valence-electron chi connectivity index (χ1n) is 12.7. The van der Waals surface area contributed by atoms with Gasteiger partial charge in [0.1, 0.15) is 5.76 Å². The van der Waals surface area contributed by atoms with E-state index in [1.165, 1.54) is 29.4 Å². The number of aliphatic hydroxyl groups is 1. The van der Waals surface area contributed by atoms with E-state index in [0.717, 1.165) is 22.2 Å². The molecule has 1 amide bonds. The number of hydrogen-bond acceptors (Lipinski definition) is 8. The zero-order chi connectivity index (χ0) is 27.8. The van der Waals surface area contributed by atoms with Crippen molar-refractivity contribution in [3.8, 4) is 11.5 Å². The number of methoxy groups -OCH3 is 1. The summed E-state index contributed by atoms with van der Waals surface area (Å²) in [5.74, 6) is 0.153. The molecular weight excluding hydrogens is 516 g/mol. The molecule has 1 unspecified atom stereocenters. The van der Waals surface area contributed by atoms with E-state index in [1.807, 2.05) is 25.1 Å². The molecule has 0 aliphatic carbocycles. The predicted molar refractivity (Wildman–Crippen MR) is 150 cm³/mol. The molecule has 4 aromatic rings. The highest BCUT2D eigenvalue weighted by Crippen LogP contribution is 2.46. The summed E-state index contributed by atoms with van der Waals surface area (Å²) in [6.07, 6.45) is 0.880. The second kappa shape index (κ2) is 10.6. The molecule has 2 aromatic heterocycles. The number of carbonyl (C=O) groups is 2. The predicted octanol–water partition coefficient (Wildman–Crippen LogP) is 6.72. The third-order valence-electron chi connectivity index (χ3n) is 6.61. The van der Waals surface area contributed by atoms with Crippen molar-refractivity contribution in [3.63, 3.8) is 0 Å². The van der Waals surface area contributed by atoms with E-state index >= 15 is 0 Å². The van der Waals surface area contributed by atoms with Crippen molar-refractivity contribution in [3.05, 3.63) is 82.5 Å². The fourth-order valence-electron chi connectivity index (χ4n) is 4.54. The molecule has 5 rings (SSSR count). The maximum absolute atomic E-state index is 13.7. The molecular formula is C30H30N2O6S. The van der Waals surface area contributed by atoms with E-state index in [9.17, 15) is 14.7 Å². The van der Waals surface area contributed by atoms with E-state index < -0.39 is 23.5 Å². The van der Waals surface area contributed by atoms with Crippen molar-refractivity contribution in [2.24, 2.45) is 5.92 Å². The molecule has 3 heterocycles. The lowest BCUT2D eigenvalue weighted by Gasteiger charge is -2.25. The largest absolute Gasteiger partial charge is 0.503 e. The molecule has 1 atom stereocenters. The summed E-state index contributed by atoms with van der Waals surface area (Å²) >= 11 is 1.32. The Kier molecular flexibility index (Phi) is 7.18. The zero-order valence-corrected chi connectivity index (χ0v) is 23.3. The fraction of sp³-hybridized carbons (Fsp3) is 0.300. The Hall–Kier alpha value is -4.11. The molecule has 0 saturated heterocycles. The maximum atomic E-state index is 13.7. The summed E-state index contributed by atoms with van der Waals surface area (Å²) in [5.41, 5.74) is 2.26. The summed E-state index contributed by atoms with van der Waals surface area (Å²) in [7, 11) is 1.53. The van der Waals surface area contributed by atoms with Crippen LogP contribution in [0.3, 0.4) is 0 Å². The van der Waals surface area contributed by atoms with Gasteiger partial charge in [-0.15, -0.1) is 0 Å². The number of amides is 1. The monoisotopic (exact) mass is 546 g/mol. The van der Waals surface area contributed by atoms with Gasteiger partial charge in [0.05, 0.1) is 35.5 Å². The first-order chi connectivity index (χ1) is 18.7. The first kappa shape index (κ1) is 26.5. The maximum Gasteiger partial charge on any atom is 0.296 e. The van der Waals surface area contributed by atoms with Crippen LogP contribution in [0.5, 0.6) is 11.5 Å². The van der Waals surface area contributed by atoms with E-state index in [0.29, 0.717) is 40.5 Å². The van der Waals surface area contributed by atoms with E-state index in [1.54, 1.807) is 31.2 Å². The lowest BCUT2D eigenvalue weighted by atomic mass is 9.95. The van der Waals surface area contributed by atoms with E-state index in [-0.39, 0.29) is 11.3 Å². The number of ketones is 1. The molecule has 1 N–H and O–H groups in total. The highest BCUT2D eigenvalue weighted by molar-refractivity contribution is 7.22. The minimum absolute atomic E-state index is 0.0363. The third-order valence-corrected chi connectivity index (χ3v) is 7.63. The standard InChI is InChI=1S/C30H30N2O6S/c1-16(2)12-13-37-21-11-8-19(15-23(21)36-5)26-25(27(33)22-10-7-18(4)38-22)28(34)29(35)32(26)30-31-20-9-6-17(3)14-24(20)39-30/h6-11,14-16,26,34H,12-13H2,1-5H3. The van der Waals surface area contributed by atoms with Gasteiger partial charge in [0.15, 0.2) is 28.1 Å². The Labute approximate surface area is 230 Å². The van der Waals surface area contributed by atoms with Crippen molar-refractivity contribution in [1.29, 1.82) is 0 Å². The zero-order valence-electron chi connectivity index (χ0n) is 22.5. The number of hydrogen-bond donors (Lipinski definition) is 1. The molecule has 0 radical (unpaired) electrons. The summed E-state index contributed by atoms with van der Waals surface area (Å²) in [5, 5.41) is 11.4. The number of ether oxygens (including phenoxy) is 2. The number of aliphatic hydroxyl groups excluding tert-OH is 1. The minimum atomic E-state index is -0.962. The number of thiazole rings is 1. The number of nitrogens with zero attached hydrogens (tertiary/aromatic N) is 2. The summed E-state index contributed by atoms with van der Waals surface area (Å²) in [4.78, 5) is 33.3. The van der Waals surface area contributed by atoms with Crippen molar-refractivity contribution in [1.82, 2.24) is 4.98 Å². The van der Waals surface area contributed by atoms with Crippen molar-refractivity contribution < 1.29 is 28.6 Å². The number of furan rings is 1. The van der Waals surface area contributed by atoms with Crippen LogP contribution in [0.15, 0.2) is 64.3 Å². The van der Waals surface area contributed by atoms with Crippen molar-refractivity contribution in [2.45, 2.75) is 40.2 Å². The van der Waals surface area contributed by atoms with Gasteiger partial charge in [0.25, 0.3) is 5.91 Å². The van der Waals surface area contributed by atoms with Crippen LogP contribution in [0.4, 0.5) is 5.13 Å². The molecule has 1 aliphatic rings. The smallest absolute Gasteiger partial charge is 0.296 e. The van der Waals surface area contributed by atoms with Crippen LogP contribution in [-0.2, 0) is 4.79 Å². The lowest BCUT2D eigenvalue weighted by Crippen LogP contribution is -2.31.